The van der Waals surface area contributed by atoms with Crippen molar-refractivity contribution in [1.82, 2.24) is 9.80 Å². The molecule has 1 aromatic heterocycles. The fourth-order valence-corrected chi connectivity index (χ4v) is 5.20. The molecule has 22 heavy (non-hydrogen) atoms. The Balaban J connectivity index is 1.85. The number of nitrogens with zero attached hydrogens (tertiary/aromatic N) is 2. The van der Waals surface area contributed by atoms with Crippen molar-refractivity contribution in [2.75, 3.05) is 32.1 Å². The normalized spacial score (nSPS) is 21.9. The number of rotatable bonds is 6. The second-order valence-corrected chi connectivity index (χ2v) is 9.17. The first-order valence-corrected chi connectivity index (χ1v) is 10.2. The Kier molecular flexibility index (Phi) is 5.63. The van der Waals surface area contributed by atoms with E-state index in [0.29, 0.717) is 6.42 Å². The van der Waals surface area contributed by atoms with Crippen LogP contribution < -0.4 is 0 Å². The quantitative estimate of drug-likeness (QED) is 0.779. The van der Waals surface area contributed by atoms with Crippen LogP contribution >= 0.6 is 11.3 Å². The Hall–Kier alpha value is -0.920. The number of amides is 1. The summed E-state index contributed by atoms with van der Waals surface area (Å²) in [7, 11) is 0.740. The van der Waals surface area contributed by atoms with E-state index in [-0.39, 0.29) is 36.0 Å². The Morgan fingerprint density at radius 3 is 2.73 bits per heavy atom. The van der Waals surface area contributed by atoms with E-state index in [1.807, 2.05) is 31.3 Å². The topological polar surface area (TPSA) is 57.7 Å². The molecule has 2 heterocycles. The summed E-state index contributed by atoms with van der Waals surface area (Å²) in [6, 6.07) is 2.17. The number of carbonyl (C=O) groups excluding carboxylic acids is 1. The van der Waals surface area contributed by atoms with Crippen molar-refractivity contribution in [2.24, 2.45) is 0 Å². The molecule has 5 nitrogen and oxygen atoms in total. The highest BCUT2D eigenvalue weighted by molar-refractivity contribution is 7.91. The molecular weight excluding hydrogens is 320 g/mol. The third kappa shape index (κ3) is 4.54. The molecule has 0 bridgehead atoms. The number of carbonyl (C=O) groups is 1. The summed E-state index contributed by atoms with van der Waals surface area (Å²) in [5.74, 6) is 0.445. The van der Waals surface area contributed by atoms with E-state index in [9.17, 15) is 13.2 Å². The average molecular weight is 345 g/mol. The summed E-state index contributed by atoms with van der Waals surface area (Å²) in [6.07, 6.45) is 1.47. The third-order valence-electron chi connectivity index (χ3n) is 4.38. The van der Waals surface area contributed by atoms with E-state index in [4.69, 9.17) is 0 Å². The van der Waals surface area contributed by atoms with Gasteiger partial charge in [0, 0.05) is 19.1 Å². The van der Waals surface area contributed by atoms with E-state index in [0.717, 1.165) is 6.42 Å². The van der Waals surface area contributed by atoms with Gasteiger partial charge in [0.25, 0.3) is 0 Å². The minimum Gasteiger partial charge on any atom is -0.342 e. The largest absolute Gasteiger partial charge is 0.342 e. The summed E-state index contributed by atoms with van der Waals surface area (Å²) in [4.78, 5) is 16.0. The van der Waals surface area contributed by atoms with Gasteiger partial charge in [0.2, 0.25) is 5.91 Å². The molecule has 124 valence electrons. The lowest BCUT2D eigenvalue weighted by atomic mass is 10.1. The van der Waals surface area contributed by atoms with Gasteiger partial charge in [0.15, 0.2) is 9.84 Å². The maximum Gasteiger partial charge on any atom is 0.236 e. The Morgan fingerprint density at radius 2 is 2.18 bits per heavy atom. The molecule has 0 aromatic carbocycles. The lowest BCUT2D eigenvalue weighted by molar-refractivity contribution is -0.133. The molecule has 1 fully saturated rings. The van der Waals surface area contributed by atoms with Crippen LogP contribution in [0.2, 0.25) is 0 Å². The lowest BCUT2D eigenvalue weighted by Gasteiger charge is -2.29. The lowest BCUT2D eigenvalue weighted by Crippen LogP contribution is -2.45. The van der Waals surface area contributed by atoms with Crippen molar-refractivity contribution < 1.29 is 13.2 Å². The first-order valence-electron chi connectivity index (χ1n) is 7.46. The molecule has 1 aliphatic heterocycles. The highest BCUT2D eigenvalue weighted by atomic mass is 32.2. The summed E-state index contributed by atoms with van der Waals surface area (Å²) < 4.78 is 23.1. The molecule has 2 rings (SSSR count). The monoisotopic (exact) mass is 344 g/mol. The smallest absolute Gasteiger partial charge is 0.236 e. The highest BCUT2D eigenvalue weighted by Crippen LogP contribution is 2.17. The first-order chi connectivity index (χ1) is 10.3. The van der Waals surface area contributed by atoms with Crippen molar-refractivity contribution in [3.63, 3.8) is 0 Å². The molecule has 1 aromatic rings. The van der Waals surface area contributed by atoms with Gasteiger partial charge in [-0.05, 0) is 49.2 Å². The molecule has 0 saturated carbocycles. The van der Waals surface area contributed by atoms with Gasteiger partial charge in [0.1, 0.15) is 0 Å². The standard InChI is InChI=1S/C15H24N2O3S2/c1-12(8-13-4-6-21-10-13)17(3)15(18)9-16(2)14-5-7-22(19,20)11-14/h4,6,10,12,14H,5,7-9,11H2,1-3H3/t12-,14-/m0/s1. The molecule has 7 heteroatoms. The molecule has 1 aliphatic rings. The predicted molar refractivity (Wildman–Crippen MR) is 89.9 cm³/mol. The third-order valence-corrected chi connectivity index (χ3v) is 6.86. The second-order valence-electron chi connectivity index (χ2n) is 6.16. The van der Waals surface area contributed by atoms with Crippen LogP contribution in [0.25, 0.3) is 0 Å². The van der Waals surface area contributed by atoms with Crippen LogP contribution in [-0.4, -0.2) is 68.4 Å². The van der Waals surface area contributed by atoms with Crippen molar-refractivity contribution in [3.8, 4) is 0 Å². The summed E-state index contributed by atoms with van der Waals surface area (Å²) in [6.45, 7) is 2.31. The molecule has 0 spiro atoms. The van der Waals surface area contributed by atoms with Gasteiger partial charge < -0.3 is 4.90 Å². The molecule has 0 radical (unpaired) electrons. The molecule has 0 unspecified atom stereocenters. The minimum atomic E-state index is -2.91. The average Bonchev–Trinajstić information content (AvgIpc) is 3.06. The zero-order valence-corrected chi connectivity index (χ0v) is 15.0. The molecule has 1 saturated heterocycles. The van der Waals surface area contributed by atoms with Gasteiger partial charge in [0.05, 0.1) is 18.1 Å². The van der Waals surface area contributed by atoms with Gasteiger partial charge in [-0.2, -0.15) is 11.3 Å². The van der Waals surface area contributed by atoms with Gasteiger partial charge in [-0.25, -0.2) is 8.42 Å². The molecule has 0 aliphatic carbocycles. The SMILES string of the molecule is C[C@@H](Cc1ccsc1)N(C)C(=O)CN(C)[C@H]1CCS(=O)(=O)C1. The van der Waals surface area contributed by atoms with Crippen molar-refractivity contribution in [2.45, 2.75) is 31.8 Å². The van der Waals surface area contributed by atoms with Crippen molar-refractivity contribution >= 4 is 27.1 Å². The number of thiophene rings is 1. The van der Waals surface area contributed by atoms with Crippen LogP contribution in [-0.2, 0) is 21.1 Å². The summed E-state index contributed by atoms with van der Waals surface area (Å²) >= 11 is 1.66. The zero-order valence-electron chi connectivity index (χ0n) is 13.4. The number of likely N-dealkylation sites (N-methyl/N-ethyl adjacent to an activating group) is 2. The maximum atomic E-state index is 12.4. The Bertz CT molecular complexity index is 598. The van der Waals surface area contributed by atoms with Crippen molar-refractivity contribution in [3.05, 3.63) is 22.4 Å². The maximum absolute atomic E-state index is 12.4. The van der Waals surface area contributed by atoms with Gasteiger partial charge >= 0.3 is 0 Å². The fourth-order valence-electron chi connectivity index (χ4n) is 2.71. The van der Waals surface area contributed by atoms with Gasteiger partial charge in [-0.3, -0.25) is 9.69 Å². The number of hydrogen-bond acceptors (Lipinski definition) is 5. The van der Waals surface area contributed by atoms with E-state index in [2.05, 4.69) is 11.4 Å². The highest BCUT2D eigenvalue weighted by Gasteiger charge is 2.31. The number of sulfone groups is 1. The molecular formula is C15H24N2O3S2. The number of hydrogen-bond donors (Lipinski definition) is 0. The van der Waals surface area contributed by atoms with Gasteiger partial charge in [-0.15, -0.1) is 0 Å². The van der Waals surface area contributed by atoms with E-state index in [1.54, 1.807) is 16.2 Å². The van der Waals surface area contributed by atoms with Crippen LogP contribution in [0.3, 0.4) is 0 Å². The molecule has 1 amide bonds. The van der Waals surface area contributed by atoms with E-state index >= 15 is 0 Å². The van der Waals surface area contributed by atoms with Crippen LogP contribution in [0, 0.1) is 0 Å². The van der Waals surface area contributed by atoms with E-state index in [1.165, 1.54) is 5.56 Å². The van der Waals surface area contributed by atoms with Crippen molar-refractivity contribution in [1.29, 1.82) is 0 Å². The fraction of sp³-hybridized carbons (Fsp3) is 0.667. The van der Waals surface area contributed by atoms with Crippen LogP contribution in [0.15, 0.2) is 16.8 Å². The summed E-state index contributed by atoms with van der Waals surface area (Å²) in [5, 5.41) is 4.14. The van der Waals surface area contributed by atoms with Crippen LogP contribution in [0.4, 0.5) is 0 Å². The summed E-state index contributed by atoms with van der Waals surface area (Å²) in [5.41, 5.74) is 1.24. The zero-order chi connectivity index (χ0) is 16.3. The Labute approximate surface area is 136 Å². The van der Waals surface area contributed by atoms with Crippen LogP contribution in [0.5, 0.6) is 0 Å². The minimum absolute atomic E-state index is 0.0328. The first kappa shape index (κ1) is 17.4. The van der Waals surface area contributed by atoms with Crippen LogP contribution in [0.1, 0.15) is 18.9 Å². The van der Waals surface area contributed by atoms with E-state index < -0.39 is 9.84 Å². The van der Waals surface area contributed by atoms with Gasteiger partial charge in [-0.1, -0.05) is 0 Å². The molecule has 0 N–H and O–H groups in total. The Morgan fingerprint density at radius 1 is 1.45 bits per heavy atom. The second kappa shape index (κ2) is 7.10. The predicted octanol–water partition coefficient (Wildman–Crippen LogP) is 1.26. The molecule has 2 atom stereocenters.